The van der Waals surface area contributed by atoms with Crippen LogP contribution in [0.4, 0.5) is 4.79 Å². The number of aliphatic hydroxyl groups excluding tert-OH is 1. The Morgan fingerprint density at radius 3 is 2.37 bits per heavy atom. The van der Waals surface area contributed by atoms with Gasteiger partial charge in [-0.25, -0.2) is 4.79 Å². The van der Waals surface area contributed by atoms with E-state index in [1.807, 2.05) is 41.5 Å². The molecule has 0 aliphatic carbocycles. The second-order valence-corrected chi connectivity index (χ2v) is 6.93. The SMILES string of the molecule is CC(C)C[C@H](NC(=O)OC(C)(C)C)C(O)[C@]1(C)CO1. The Bertz CT molecular complexity index is 318. The Hall–Kier alpha value is -0.810. The molecule has 5 heteroatoms. The fourth-order valence-electron chi connectivity index (χ4n) is 1.94. The predicted molar refractivity (Wildman–Crippen MR) is 73.0 cm³/mol. The average Bonchev–Trinajstić information content (AvgIpc) is 2.92. The van der Waals surface area contributed by atoms with Crippen molar-refractivity contribution >= 4 is 6.09 Å². The molecule has 1 aliphatic rings. The molecule has 0 saturated carbocycles. The second-order valence-electron chi connectivity index (χ2n) is 6.93. The summed E-state index contributed by atoms with van der Waals surface area (Å²) in [6.45, 7) is 11.9. The Morgan fingerprint density at radius 2 is 2.00 bits per heavy atom. The van der Waals surface area contributed by atoms with Crippen LogP contribution in [0.1, 0.15) is 48.0 Å². The summed E-state index contributed by atoms with van der Waals surface area (Å²) in [4.78, 5) is 11.8. The molecule has 5 nitrogen and oxygen atoms in total. The molecule has 1 aliphatic heterocycles. The lowest BCUT2D eigenvalue weighted by Gasteiger charge is -2.29. The largest absolute Gasteiger partial charge is 0.444 e. The number of hydrogen-bond acceptors (Lipinski definition) is 4. The highest BCUT2D eigenvalue weighted by atomic mass is 16.6. The van der Waals surface area contributed by atoms with E-state index in [1.54, 1.807) is 0 Å². The number of epoxide rings is 1. The van der Waals surface area contributed by atoms with E-state index >= 15 is 0 Å². The highest BCUT2D eigenvalue weighted by Gasteiger charge is 2.50. The van der Waals surface area contributed by atoms with Gasteiger partial charge >= 0.3 is 6.09 Å². The van der Waals surface area contributed by atoms with Crippen LogP contribution in [0.3, 0.4) is 0 Å². The monoisotopic (exact) mass is 273 g/mol. The van der Waals surface area contributed by atoms with E-state index < -0.39 is 23.4 Å². The molecule has 112 valence electrons. The maximum Gasteiger partial charge on any atom is 0.407 e. The van der Waals surface area contributed by atoms with E-state index in [9.17, 15) is 9.90 Å². The summed E-state index contributed by atoms with van der Waals surface area (Å²) in [5.41, 5.74) is -1.08. The van der Waals surface area contributed by atoms with Gasteiger partial charge in [0.05, 0.1) is 12.6 Å². The first-order chi connectivity index (χ1) is 8.53. The van der Waals surface area contributed by atoms with Crippen LogP contribution in [0.5, 0.6) is 0 Å². The number of nitrogens with one attached hydrogen (secondary N) is 1. The molecule has 19 heavy (non-hydrogen) atoms. The van der Waals surface area contributed by atoms with E-state index in [0.717, 1.165) is 0 Å². The van der Waals surface area contributed by atoms with Gasteiger partial charge in [0.15, 0.2) is 0 Å². The lowest BCUT2D eigenvalue weighted by atomic mass is 9.92. The summed E-state index contributed by atoms with van der Waals surface area (Å²) in [6.07, 6.45) is -0.539. The van der Waals surface area contributed by atoms with Crippen LogP contribution in [-0.4, -0.2) is 41.2 Å². The number of aliphatic hydroxyl groups is 1. The summed E-state index contributed by atoms with van der Waals surface area (Å²) >= 11 is 0. The van der Waals surface area contributed by atoms with E-state index in [2.05, 4.69) is 5.32 Å². The van der Waals surface area contributed by atoms with Gasteiger partial charge in [-0.3, -0.25) is 0 Å². The summed E-state index contributed by atoms with van der Waals surface area (Å²) in [5, 5.41) is 13.1. The molecular formula is C14H27NO4. The van der Waals surface area contributed by atoms with Crippen molar-refractivity contribution in [2.45, 2.75) is 71.3 Å². The van der Waals surface area contributed by atoms with Gasteiger partial charge in [0.2, 0.25) is 0 Å². The molecule has 3 atom stereocenters. The van der Waals surface area contributed by atoms with Gasteiger partial charge in [-0.05, 0) is 40.0 Å². The van der Waals surface area contributed by atoms with Crippen LogP contribution in [0, 0.1) is 5.92 Å². The van der Waals surface area contributed by atoms with Crippen LogP contribution < -0.4 is 5.32 Å². The minimum Gasteiger partial charge on any atom is -0.444 e. The Kier molecular flexibility index (Phi) is 4.85. The molecular weight excluding hydrogens is 246 g/mol. The van der Waals surface area contributed by atoms with Gasteiger partial charge in [0.25, 0.3) is 0 Å². The van der Waals surface area contributed by atoms with E-state index in [0.29, 0.717) is 18.9 Å². The first-order valence-electron chi connectivity index (χ1n) is 6.85. The van der Waals surface area contributed by atoms with Crippen LogP contribution in [0.15, 0.2) is 0 Å². The van der Waals surface area contributed by atoms with Gasteiger partial charge in [-0.15, -0.1) is 0 Å². The van der Waals surface area contributed by atoms with E-state index in [4.69, 9.17) is 9.47 Å². The molecule has 2 N–H and O–H groups in total. The third-order valence-electron chi connectivity index (χ3n) is 3.03. The average molecular weight is 273 g/mol. The highest BCUT2D eigenvalue weighted by molar-refractivity contribution is 5.68. The Labute approximate surface area is 115 Å². The second kappa shape index (κ2) is 5.67. The van der Waals surface area contributed by atoms with Crippen LogP contribution in [-0.2, 0) is 9.47 Å². The van der Waals surface area contributed by atoms with Gasteiger partial charge < -0.3 is 19.9 Å². The normalized spacial score (nSPS) is 25.9. The summed E-state index contributed by atoms with van der Waals surface area (Å²) < 4.78 is 10.5. The summed E-state index contributed by atoms with van der Waals surface area (Å²) in [7, 11) is 0. The number of alkyl carbamates (subject to hydrolysis) is 1. The highest BCUT2D eigenvalue weighted by Crippen LogP contribution is 2.33. The molecule has 1 fully saturated rings. The van der Waals surface area contributed by atoms with Gasteiger partial charge in [0.1, 0.15) is 17.3 Å². The Morgan fingerprint density at radius 1 is 1.47 bits per heavy atom. The third kappa shape index (κ3) is 5.37. The topological polar surface area (TPSA) is 71.1 Å². The number of hydrogen-bond donors (Lipinski definition) is 2. The zero-order valence-electron chi connectivity index (χ0n) is 12.8. The summed E-state index contributed by atoms with van der Waals surface area (Å²) in [5.74, 6) is 0.358. The fourth-order valence-corrected chi connectivity index (χ4v) is 1.94. The lowest BCUT2D eigenvalue weighted by molar-refractivity contribution is 0.0228. The molecule has 1 rings (SSSR count). The van der Waals surface area contributed by atoms with Crippen molar-refractivity contribution < 1.29 is 19.4 Å². The smallest absolute Gasteiger partial charge is 0.407 e. The van der Waals surface area contributed by atoms with Crippen molar-refractivity contribution in [2.24, 2.45) is 5.92 Å². The number of ether oxygens (including phenoxy) is 2. The maximum absolute atomic E-state index is 11.8. The first kappa shape index (κ1) is 16.2. The minimum absolute atomic E-state index is 0.358. The molecule has 0 bridgehead atoms. The zero-order chi connectivity index (χ0) is 14.8. The number of carbonyl (C=O) groups is 1. The fraction of sp³-hybridized carbons (Fsp3) is 0.929. The number of amides is 1. The Balaban J connectivity index is 2.62. The van der Waals surface area contributed by atoms with Crippen molar-refractivity contribution in [3.63, 3.8) is 0 Å². The van der Waals surface area contributed by atoms with E-state index in [-0.39, 0.29) is 6.04 Å². The molecule has 0 aromatic rings. The number of carbonyl (C=O) groups excluding carboxylic acids is 1. The zero-order valence-corrected chi connectivity index (χ0v) is 12.8. The molecule has 0 spiro atoms. The minimum atomic E-state index is -0.720. The third-order valence-corrected chi connectivity index (χ3v) is 3.03. The molecule has 1 heterocycles. The standard InChI is InChI=1S/C14H27NO4/c1-9(2)7-10(11(16)14(6)8-18-14)15-12(17)19-13(3,4)5/h9-11,16H,7-8H2,1-6H3,(H,15,17)/t10-,11?,14-/m0/s1. The van der Waals surface area contributed by atoms with Gasteiger partial charge in [-0.2, -0.15) is 0 Å². The van der Waals surface area contributed by atoms with Crippen molar-refractivity contribution in [1.29, 1.82) is 0 Å². The molecule has 1 amide bonds. The predicted octanol–water partition coefficient (Wildman–Crippen LogP) is 2.08. The van der Waals surface area contributed by atoms with Crippen molar-refractivity contribution in [1.82, 2.24) is 5.32 Å². The van der Waals surface area contributed by atoms with Gasteiger partial charge in [0, 0.05) is 0 Å². The van der Waals surface area contributed by atoms with Crippen molar-refractivity contribution in [3.05, 3.63) is 0 Å². The van der Waals surface area contributed by atoms with Crippen LogP contribution in [0.25, 0.3) is 0 Å². The van der Waals surface area contributed by atoms with Crippen molar-refractivity contribution in [3.8, 4) is 0 Å². The van der Waals surface area contributed by atoms with Crippen LogP contribution in [0.2, 0.25) is 0 Å². The molecule has 0 aromatic heterocycles. The van der Waals surface area contributed by atoms with Gasteiger partial charge in [-0.1, -0.05) is 13.8 Å². The van der Waals surface area contributed by atoms with E-state index in [1.165, 1.54) is 0 Å². The van der Waals surface area contributed by atoms with Crippen molar-refractivity contribution in [2.75, 3.05) is 6.61 Å². The molecule has 1 unspecified atom stereocenters. The lowest BCUT2D eigenvalue weighted by Crippen LogP contribution is -2.51. The number of rotatable bonds is 5. The summed E-state index contributed by atoms with van der Waals surface area (Å²) in [6, 6.07) is -0.359. The quantitative estimate of drug-likeness (QED) is 0.752. The van der Waals surface area contributed by atoms with Crippen LogP contribution >= 0.6 is 0 Å². The molecule has 0 radical (unpaired) electrons. The molecule has 0 aromatic carbocycles. The molecule has 1 saturated heterocycles. The first-order valence-corrected chi connectivity index (χ1v) is 6.85. The maximum atomic E-state index is 11.8.